The number of carbonyl (C=O) groups excluding carboxylic acids is 2. The fraction of sp³-hybridized carbons (Fsp3) is 0.522. The molecular weight excluding hydrogens is 414 g/mol. The van der Waals surface area contributed by atoms with Crippen molar-refractivity contribution in [1.82, 2.24) is 14.8 Å². The number of aryl methyl sites for hydroxylation is 1. The van der Waals surface area contributed by atoms with Crippen molar-refractivity contribution in [3.63, 3.8) is 0 Å². The van der Waals surface area contributed by atoms with E-state index in [-0.39, 0.29) is 11.8 Å². The van der Waals surface area contributed by atoms with Crippen LogP contribution in [-0.4, -0.2) is 52.8 Å². The molecule has 0 spiro atoms. The largest absolute Gasteiger partial charge is 0.342 e. The van der Waals surface area contributed by atoms with Gasteiger partial charge in [0.25, 0.3) is 5.91 Å². The minimum atomic E-state index is 0.0746. The normalized spacial score (nSPS) is 17.9. The van der Waals surface area contributed by atoms with E-state index in [0.717, 1.165) is 65.7 Å². The smallest absolute Gasteiger partial charge is 0.253 e. The highest BCUT2D eigenvalue weighted by molar-refractivity contribution is 7.98. The number of piperidine rings is 2. The van der Waals surface area contributed by atoms with Crippen molar-refractivity contribution in [2.45, 2.75) is 49.7 Å². The number of nitrogens with zero attached hydrogens (tertiary/aromatic N) is 3. The molecule has 2 fully saturated rings. The van der Waals surface area contributed by atoms with Crippen LogP contribution in [0.5, 0.6) is 0 Å². The molecule has 0 saturated carbocycles. The van der Waals surface area contributed by atoms with Crippen LogP contribution in [0.25, 0.3) is 0 Å². The van der Waals surface area contributed by atoms with Gasteiger partial charge in [0.1, 0.15) is 0 Å². The second kappa shape index (κ2) is 9.96. The lowest BCUT2D eigenvalue weighted by molar-refractivity contribution is -0.137. The molecule has 2 aliphatic rings. The van der Waals surface area contributed by atoms with Gasteiger partial charge < -0.3 is 9.80 Å². The molecule has 5 nitrogen and oxygen atoms in total. The molecule has 160 valence electrons. The minimum absolute atomic E-state index is 0.0746. The summed E-state index contributed by atoms with van der Waals surface area (Å²) in [4.78, 5) is 35.2. The van der Waals surface area contributed by atoms with E-state index in [9.17, 15) is 9.59 Å². The quantitative estimate of drug-likeness (QED) is 0.634. The van der Waals surface area contributed by atoms with E-state index >= 15 is 0 Å². The van der Waals surface area contributed by atoms with Crippen molar-refractivity contribution >= 4 is 34.9 Å². The van der Waals surface area contributed by atoms with Gasteiger partial charge in [-0.15, -0.1) is 23.1 Å². The van der Waals surface area contributed by atoms with E-state index in [1.165, 1.54) is 6.42 Å². The highest BCUT2D eigenvalue weighted by atomic mass is 32.2. The molecule has 0 aliphatic carbocycles. The van der Waals surface area contributed by atoms with Gasteiger partial charge in [-0.25, -0.2) is 4.98 Å². The summed E-state index contributed by atoms with van der Waals surface area (Å²) >= 11 is 3.41. The Morgan fingerprint density at radius 3 is 2.37 bits per heavy atom. The van der Waals surface area contributed by atoms with Crippen molar-refractivity contribution in [3.8, 4) is 0 Å². The number of thioether (sulfide) groups is 1. The Morgan fingerprint density at radius 2 is 1.73 bits per heavy atom. The molecule has 0 radical (unpaired) electrons. The van der Waals surface area contributed by atoms with Crippen molar-refractivity contribution in [3.05, 3.63) is 45.9 Å². The molecule has 0 atom stereocenters. The van der Waals surface area contributed by atoms with Gasteiger partial charge in [-0.1, -0.05) is 0 Å². The molecule has 2 amide bonds. The first-order valence-electron chi connectivity index (χ1n) is 10.8. The number of rotatable bonds is 5. The summed E-state index contributed by atoms with van der Waals surface area (Å²) in [7, 11) is 0. The molecule has 30 heavy (non-hydrogen) atoms. The van der Waals surface area contributed by atoms with Crippen molar-refractivity contribution in [1.29, 1.82) is 0 Å². The number of benzene rings is 1. The fourth-order valence-electron chi connectivity index (χ4n) is 4.21. The van der Waals surface area contributed by atoms with Crippen LogP contribution in [0.1, 0.15) is 53.2 Å². The van der Waals surface area contributed by atoms with Crippen LogP contribution < -0.4 is 0 Å². The van der Waals surface area contributed by atoms with Crippen LogP contribution in [0, 0.1) is 12.8 Å². The molecule has 0 unspecified atom stereocenters. The first-order chi connectivity index (χ1) is 14.6. The summed E-state index contributed by atoms with van der Waals surface area (Å²) in [6.07, 6.45) is 5.05. The maximum Gasteiger partial charge on any atom is 0.253 e. The van der Waals surface area contributed by atoms with Gasteiger partial charge in [0, 0.05) is 53.7 Å². The van der Waals surface area contributed by atoms with Gasteiger partial charge in [0.05, 0.1) is 10.7 Å². The van der Waals surface area contributed by atoms with Crippen LogP contribution >= 0.6 is 23.1 Å². The first kappa shape index (κ1) is 21.4. The number of likely N-dealkylation sites (tertiary alicyclic amines) is 2. The predicted octanol–water partition coefficient (Wildman–Crippen LogP) is 4.61. The second-order valence-corrected chi connectivity index (χ2v) is 10.2. The van der Waals surface area contributed by atoms with E-state index in [2.05, 4.69) is 10.4 Å². The highest BCUT2D eigenvalue weighted by Crippen LogP contribution is 2.26. The van der Waals surface area contributed by atoms with Crippen LogP contribution in [0.4, 0.5) is 0 Å². The summed E-state index contributed by atoms with van der Waals surface area (Å²) < 4.78 is 0. The molecule has 0 bridgehead atoms. The lowest BCUT2D eigenvalue weighted by atomic mass is 9.94. The van der Waals surface area contributed by atoms with Gasteiger partial charge in [-0.05, 0) is 63.3 Å². The van der Waals surface area contributed by atoms with E-state index in [1.807, 2.05) is 41.0 Å². The summed E-state index contributed by atoms with van der Waals surface area (Å²) in [5.74, 6) is 1.31. The maximum atomic E-state index is 12.9. The average Bonchev–Trinajstić information content (AvgIpc) is 3.23. The Bertz CT molecular complexity index is 867. The molecule has 1 aromatic carbocycles. The first-order valence-corrected chi connectivity index (χ1v) is 12.7. The Kier molecular flexibility index (Phi) is 7.10. The minimum Gasteiger partial charge on any atom is -0.342 e. The summed E-state index contributed by atoms with van der Waals surface area (Å²) in [5, 5.41) is 3.19. The molecule has 4 rings (SSSR count). The number of amides is 2. The average molecular weight is 444 g/mol. The standard InChI is InChI=1S/C23H29N3O2S2/c1-17-24-20(15-29-17)16-30-21-7-5-18(6-8-21)22(27)26-13-9-19(10-14-26)23(28)25-11-3-2-4-12-25/h5-8,15,19H,2-4,9-14,16H2,1H3. The lowest BCUT2D eigenvalue weighted by Crippen LogP contribution is -2.45. The fourth-order valence-corrected chi connectivity index (χ4v) is 5.72. The Hall–Kier alpha value is -1.86. The van der Waals surface area contributed by atoms with Gasteiger partial charge in [0.15, 0.2) is 0 Å². The van der Waals surface area contributed by atoms with Crippen LogP contribution in [0.2, 0.25) is 0 Å². The molecule has 2 aromatic rings. The highest BCUT2D eigenvalue weighted by Gasteiger charge is 2.31. The third kappa shape index (κ3) is 5.24. The third-order valence-corrected chi connectivity index (χ3v) is 7.82. The third-order valence-electron chi connectivity index (χ3n) is 5.95. The SMILES string of the molecule is Cc1nc(CSc2ccc(C(=O)N3CCC(C(=O)N4CCCCC4)CC3)cc2)cs1. The Morgan fingerprint density at radius 1 is 1.03 bits per heavy atom. The number of thiazole rings is 1. The van der Waals surface area contributed by atoms with Gasteiger partial charge in [0.2, 0.25) is 5.91 Å². The zero-order valence-corrected chi connectivity index (χ0v) is 19.1. The Balaban J connectivity index is 1.27. The summed E-state index contributed by atoms with van der Waals surface area (Å²) in [6, 6.07) is 7.87. The second-order valence-electron chi connectivity index (χ2n) is 8.12. The van der Waals surface area contributed by atoms with E-state index < -0.39 is 0 Å². The zero-order valence-electron chi connectivity index (χ0n) is 17.5. The van der Waals surface area contributed by atoms with Crippen LogP contribution in [0.15, 0.2) is 34.5 Å². The van der Waals surface area contributed by atoms with E-state index in [1.54, 1.807) is 23.1 Å². The van der Waals surface area contributed by atoms with Gasteiger partial charge in [-0.2, -0.15) is 0 Å². The maximum absolute atomic E-state index is 12.9. The molecule has 7 heteroatoms. The summed E-state index contributed by atoms with van der Waals surface area (Å²) in [5.41, 5.74) is 1.83. The monoisotopic (exact) mass is 443 g/mol. The number of hydrogen-bond acceptors (Lipinski definition) is 5. The number of aromatic nitrogens is 1. The molecule has 0 N–H and O–H groups in total. The van der Waals surface area contributed by atoms with Crippen LogP contribution in [-0.2, 0) is 10.5 Å². The van der Waals surface area contributed by atoms with E-state index in [4.69, 9.17) is 0 Å². The van der Waals surface area contributed by atoms with Crippen LogP contribution in [0.3, 0.4) is 0 Å². The van der Waals surface area contributed by atoms with Crippen molar-refractivity contribution < 1.29 is 9.59 Å². The van der Waals surface area contributed by atoms with Gasteiger partial charge in [-0.3, -0.25) is 9.59 Å². The molecule has 1 aromatic heterocycles. The Labute approximate surface area is 186 Å². The van der Waals surface area contributed by atoms with Gasteiger partial charge >= 0.3 is 0 Å². The number of hydrogen-bond donors (Lipinski definition) is 0. The molecule has 2 saturated heterocycles. The molecule has 3 heterocycles. The lowest BCUT2D eigenvalue weighted by Gasteiger charge is -2.35. The predicted molar refractivity (Wildman–Crippen MR) is 122 cm³/mol. The topological polar surface area (TPSA) is 53.5 Å². The molecular formula is C23H29N3O2S2. The zero-order chi connectivity index (χ0) is 20.9. The van der Waals surface area contributed by atoms with Crippen molar-refractivity contribution in [2.75, 3.05) is 26.2 Å². The summed E-state index contributed by atoms with van der Waals surface area (Å²) in [6.45, 7) is 5.17. The van der Waals surface area contributed by atoms with E-state index in [0.29, 0.717) is 19.0 Å². The number of carbonyl (C=O) groups is 2. The van der Waals surface area contributed by atoms with Crippen molar-refractivity contribution in [2.24, 2.45) is 5.92 Å². The molecule has 2 aliphatic heterocycles.